The van der Waals surface area contributed by atoms with Gasteiger partial charge in [0.25, 0.3) is 0 Å². The Bertz CT molecular complexity index is 625. The number of halogens is 1. The van der Waals surface area contributed by atoms with Gasteiger partial charge in [0, 0.05) is 23.6 Å². The Labute approximate surface area is 135 Å². The van der Waals surface area contributed by atoms with Crippen LogP contribution >= 0.6 is 15.9 Å². The van der Waals surface area contributed by atoms with Gasteiger partial charge in [-0.1, -0.05) is 6.07 Å². The Morgan fingerprint density at radius 1 is 1.29 bits per heavy atom. The lowest BCUT2D eigenvalue weighted by Crippen LogP contribution is -2.35. The number of nitrogens with one attached hydrogen (secondary N) is 1. The fraction of sp³-hybridized carbons (Fsp3) is 0.600. The van der Waals surface area contributed by atoms with E-state index in [2.05, 4.69) is 21.2 Å². The topological polar surface area (TPSA) is 49.4 Å². The number of nitrogens with zero attached hydrogens (tertiary/aromatic N) is 1. The van der Waals surface area contributed by atoms with Crippen LogP contribution in [0, 0.1) is 5.92 Å². The fourth-order valence-electron chi connectivity index (χ4n) is 2.55. The van der Waals surface area contributed by atoms with E-state index in [-0.39, 0.29) is 6.04 Å². The Morgan fingerprint density at radius 2 is 2.00 bits per heavy atom. The number of hydrogen-bond acceptors (Lipinski definition) is 3. The zero-order valence-electron chi connectivity index (χ0n) is 12.2. The van der Waals surface area contributed by atoms with Crippen molar-refractivity contribution in [3.8, 4) is 0 Å². The molecule has 116 valence electrons. The van der Waals surface area contributed by atoms with Crippen molar-refractivity contribution >= 4 is 26.0 Å². The predicted molar refractivity (Wildman–Crippen MR) is 86.5 cm³/mol. The summed E-state index contributed by atoms with van der Waals surface area (Å²) in [5, 5.41) is 3.07. The van der Waals surface area contributed by atoms with E-state index < -0.39 is 10.0 Å². The summed E-state index contributed by atoms with van der Waals surface area (Å²) in [6, 6.07) is 5.73. The molecule has 2 saturated carbocycles. The minimum atomic E-state index is -3.39. The first-order chi connectivity index (χ1) is 10.0. The monoisotopic (exact) mass is 372 g/mol. The van der Waals surface area contributed by atoms with Gasteiger partial charge in [0.05, 0.1) is 4.90 Å². The van der Waals surface area contributed by atoms with E-state index in [1.54, 1.807) is 10.4 Å². The maximum absolute atomic E-state index is 12.9. The van der Waals surface area contributed by atoms with Gasteiger partial charge in [-0.15, -0.1) is 0 Å². The fourth-order valence-corrected chi connectivity index (χ4v) is 5.40. The van der Waals surface area contributed by atoms with Gasteiger partial charge < -0.3 is 5.32 Å². The minimum absolute atomic E-state index is 0.222. The molecule has 1 N–H and O–H groups in total. The van der Waals surface area contributed by atoms with Gasteiger partial charge in [-0.3, -0.25) is 0 Å². The molecule has 0 heterocycles. The minimum Gasteiger partial charge on any atom is -0.316 e. The van der Waals surface area contributed by atoms with E-state index in [1.165, 1.54) is 12.8 Å². The molecule has 0 atom stereocenters. The van der Waals surface area contributed by atoms with Crippen molar-refractivity contribution in [2.75, 3.05) is 13.6 Å². The van der Waals surface area contributed by atoms with Crippen LogP contribution in [-0.4, -0.2) is 32.4 Å². The van der Waals surface area contributed by atoms with Crippen LogP contribution in [0.25, 0.3) is 0 Å². The van der Waals surface area contributed by atoms with Crippen LogP contribution in [0.1, 0.15) is 31.2 Å². The van der Waals surface area contributed by atoms with Gasteiger partial charge in [-0.25, -0.2) is 8.42 Å². The Kier molecular flexibility index (Phi) is 4.41. The summed E-state index contributed by atoms with van der Waals surface area (Å²) < 4.78 is 28.3. The Hall–Kier alpha value is -0.430. The van der Waals surface area contributed by atoms with Gasteiger partial charge in [0.2, 0.25) is 10.0 Å². The van der Waals surface area contributed by atoms with Crippen LogP contribution in [0.5, 0.6) is 0 Å². The first kappa shape index (κ1) is 15.5. The molecular formula is C15H21BrN2O2S. The van der Waals surface area contributed by atoms with Crippen molar-refractivity contribution in [3.05, 3.63) is 28.2 Å². The largest absolute Gasteiger partial charge is 0.316 e. The number of sulfonamides is 1. The van der Waals surface area contributed by atoms with Crippen molar-refractivity contribution in [2.45, 2.75) is 43.2 Å². The van der Waals surface area contributed by atoms with Crippen LogP contribution in [0.2, 0.25) is 0 Å². The summed E-state index contributed by atoms with van der Waals surface area (Å²) in [6.07, 6.45) is 4.34. The van der Waals surface area contributed by atoms with E-state index in [0.717, 1.165) is 24.9 Å². The molecule has 4 nitrogen and oxygen atoms in total. The molecule has 0 aliphatic heterocycles. The molecule has 2 aliphatic rings. The highest BCUT2D eigenvalue weighted by Crippen LogP contribution is 2.39. The highest BCUT2D eigenvalue weighted by molar-refractivity contribution is 9.10. The van der Waals surface area contributed by atoms with Crippen molar-refractivity contribution in [1.29, 1.82) is 0 Å². The van der Waals surface area contributed by atoms with Gasteiger partial charge in [-0.2, -0.15) is 4.31 Å². The first-order valence-electron chi connectivity index (χ1n) is 7.47. The lowest BCUT2D eigenvalue weighted by atomic mass is 10.2. The maximum atomic E-state index is 12.9. The van der Waals surface area contributed by atoms with E-state index >= 15 is 0 Å². The third-order valence-corrected chi connectivity index (χ3v) is 6.95. The summed E-state index contributed by atoms with van der Waals surface area (Å²) in [6.45, 7) is 1.42. The summed E-state index contributed by atoms with van der Waals surface area (Å²) in [7, 11) is -1.51. The number of benzene rings is 1. The molecule has 0 radical (unpaired) electrons. The predicted octanol–water partition coefficient (Wildman–Crippen LogP) is 2.73. The number of hydrogen-bond donors (Lipinski definition) is 1. The summed E-state index contributed by atoms with van der Waals surface area (Å²) in [4.78, 5) is 0.398. The summed E-state index contributed by atoms with van der Waals surface area (Å²) in [5.41, 5.74) is 1.07. The van der Waals surface area contributed by atoms with Crippen molar-refractivity contribution in [1.82, 2.24) is 9.62 Å². The quantitative estimate of drug-likeness (QED) is 0.800. The lowest BCUT2D eigenvalue weighted by Gasteiger charge is -2.22. The van der Waals surface area contributed by atoms with E-state index in [4.69, 9.17) is 0 Å². The average molecular weight is 373 g/mol. The highest BCUT2D eigenvalue weighted by atomic mass is 79.9. The van der Waals surface area contributed by atoms with Crippen LogP contribution < -0.4 is 5.32 Å². The molecule has 0 unspecified atom stereocenters. The van der Waals surface area contributed by atoms with Crippen LogP contribution in [-0.2, 0) is 16.6 Å². The van der Waals surface area contributed by atoms with Crippen molar-refractivity contribution in [2.24, 2.45) is 5.92 Å². The van der Waals surface area contributed by atoms with E-state index in [0.29, 0.717) is 21.8 Å². The van der Waals surface area contributed by atoms with Crippen LogP contribution in [0.3, 0.4) is 0 Å². The molecule has 6 heteroatoms. The van der Waals surface area contributed by atoms with E-state index in [1.807, 2.05) is 19.2 Å². The molecule has 0 spiro atoms. The molecule has 1 aromatic rings. The second-order valence-corrected chi connectivity index (χ2v) is 8.76. The third-order valence-electron chi connectivity index (χ3n) is 4.05. The molecule has 0 bridgehead atoms. The second-order valence-electron chi connectivity index (χ2n) is 6.04. The van der Waals surface area contributed by atoms with Crippen molar-refractivity contribution in [3.63, 3.8) is 0 Å². The van der Waals surface area contributed by atoms with E-state index in [9.17, 15) is 8.42 Å². The van der Waals surface area contributed by atoms with Crippen LogP contribution in [0.4, 0.5) is 0 Å². The van der Waals surface area contributed by atoms with Crippen LogP contribution in [0.15, 0.2) is 27.6 Å². The zero-order valence-corrected chi connectivity index (χ0v) is 14.6. The van der Waals surface area contributed by atoms with Gasteiger partial charge in [0.15, 0.2) is 0 Å². The van der Waals surface area contributed by atoms with Crippen molar-refractivity contribution < 1.29 is 8.42 Å². The first-order valence-corrected chi connectivity index (χ1v) is 9.70. The molecule has 0 aromatic heterocycles. The normalized spacial score (nSPS) is 19.2. The second kappa shape index (κ2) is 5.99. The maximum Gasteiger partial charge on any atom is 0.244 e. The zero-order chi connectivity index (χ0) is 15.0. The Morgan fingerprint density at radius 3 is 2.52 bits per heavy atom. The molecule has 0 saturated heterocycles. The van der Waals surface area contributed by atoms with Gasteiger partial charge >= 0.3 is 0 Å². The molecule has 1 aromatic carbocycles. The summed E-state index contributed by atoms with van der Waals surface area (Å²) in [5.74, 6) is 0.572. The molecule has 2 fully saturated rings. The Balaban J connectivity index is 1.88. The SMILES string of the molecule is CNCc1ccc(S(=O)(=O)N(CC2CC2)C2CC2)c(Br)c1. The smallest absolute Gasteiger partial charge is 0.244 e. The lowest BCUT2D eigenvalue weighted by molar-refractivity contribution is 0.388. The van der Waals surface area contributed by atoms with Gasteiger partial charge in [0.1, 0.15) is 0 Å². The third kappa shape index (κ3) is 3.50. The van der Waals surface area contributed by atoms with Gasteiger partial charge in [-0.05, 0) is 72.3 Å². The molecule has 2 aliphatic carbocycles. The molecule has 0 amide bonds. The standard InChI is InChI=1S/C15H21BrN2O2S/c1-17-9-12-4-7-15(14(16)8-12)21(19,20)18(13-5-6-13)10-11-2-3-11/h4,7-8,11,13,17H,2-3,5-6,9-10H2,1H3. The molecular weight excluding hydrogens is 352 g/mol. The molecule has 21 heavy (non-hydrogen) atoms. The highest BCUT2D eigenvalue weighted by Gasteiger charge is 2.41. The number of rotatable bonds is 7. The molecule has 3 rings (SSSR count). The summed E-state index contributed by atoms with van der Waals surface area (Å²) >= 11 is 3.44. The average Bonchev–Trinajstić information content (AvgIpc) is 3.29.